The van der Waals surface area contributed by atoms with E-state index in [1.165, 1.54) is 0 Å². The molecule has 0 fully saturated rings. The van der Waals surface area contributed by atoms with Gasteiger partial charge in [0.1, 0.15) is 0 Å². The Bertz CT molecular complexity index is 301. The number of aliphatic imine (C=N–C) groups is 1. The number of H-pyrrole nitrogens is 1. The maximum atomic E-state index is 8.67. The van der Waals surface area contributed by atoms with E-state index in [2.05, 4.69) is 15.3 Å². The number of nitrogens with zero attached hydrogens (tertiary/aromatic N) is 1. The molecule has 0 atom stereocenters. The van der Waals surface area contributed by atoms with Gasteiger partial charge in [0.15, 0.2) is 0 Å². The first-order valence-corrected chi connectivity index (χ1v) is 4.48. The standard InChI is InChI=1S/C10H15N3O/c1-11-8-10(13-4-5-14)6-9-2-3-12-7-9/h2-3,6-8,12-14H,4-5H2,1H3/b10-6+,11-8-. The summed E-state index contributed by atoms with van der Waals surface area (Å²) in [4.78, 5) is 6.89. The van der Waals surface area contributed by atoms with E-state index in [0.717, 1.165) is 11.3 Å². The van der Waals surface area contributed by atoms with Gasteiger partial charge in [-0.3, -0.25) is 4.99 Å². The zero-order valence-electron chi connectivity index (χ0n) is 8.20. The zero-order valence-corrected chi connectivity index (χ0v) is 8.20. The van der Waals surface area contributed by atoms with Gasteiger partial charge < -0.3 is 15.4 Å². The second kappa shape index (κ2) is 5.99. The van der Waals surface area contributed by atoms with Crippen molar-refractivity contribution in [2.75, 3.05) is 20.2 Å². The molecule has 1 rings (SSSR count). The maximum Gasteiger partial charge on any atom is 0.0604 e. The number of aliphatic hydroxyl groups excluding tert-OH is 1. The molecule has 0 saturated heterocycles. The predicted octanol–water partition coefficient (Wildman–Crippen LogP) is 0.638. The number of aliphatic hydroxyl groups is 1. The number of aromatic nitrogens is 1. The Morgan fingerprint density at radius 2 is 2.57 bits per heavy atom. The molecule has 1 aromatic heterocycles. The van der Waals surface area contributed by atoms with Crippen molar-refractivity contribution in [2.24, 2.45) is 4.99 Å². The molecular formula is C10H15N3O. The van der Waals surface area contributed by atoms with E-state index in [0.29, 0.717) is 6.54 Å². The van der Waals surface area contributed by atoms with Crippen molar-refractivity contribution in [1.82, 2.24) is 10.3 Å². The van der Waals surface area contributed by atoms with Crippen molar-refractivity contribution >= 4 is 12.3 Å². The number of hydrogen-bond acceptors (Lipinski definition) is 3. The summed E-state index contributed by atoms with van der Waals surface area (Å²) in [5, 5.41) is 11.7. The fourth-order valence-electron chi connectivity index (χ4n) is 1.08. The summed E-state index contributed by atoms with van der Waals surface area (Å²) < 4.78 is 0. The highest BCUT2D eigenvalue weighted by Gasteiger charge is 1.93. The van der Waals surface area contributed by atoms with Gasteiger partial charge in [0, 0.05) is 32.2 Å². The molecule has 14 heavy (non-hydrogen) atoms. The van der Waals surface area contributed by atoms with E-state index in [4.69, 9.17) is 5.11 Å². The van der Waals surface area contributed by atoms with E-state index in [1.54, 1.807) is 13.3 Å². The molecule has 0 aromatic carbocycles. The van der Waals surface area contributed by atoms with Crippen molar-refractivity contribution in [1.29, 1.82) is 0 Å². The molecule has 1 aromatic rings. The number of aromatic amines is 1. The molecule has 76 valence electrons. The average Bonchev–Trinajstić information content (AvgIpc) is 2.67. The van der Waals surface area contributed by atoms with Crippen LogP contribution in [-0.2, 0) is 0 Å². The van der Waals surface area contributed by atoms with E-state index < -0.39 is 0 Å². The van der Waals surface area contributed by atoms with E-state index in [-0.39, 0.29) is 6.61 Å². The minimum Gasteiger partial charge on any atom is -0.395 e. The van der Waals surface area contributed by atoms with Crippen molar-refractivity contribution in [3.8, 4) is 0 Å². The first-order valence-electron chi connectivity index (χ1n) is 4.48. The summed E-state index contributed by atoms with van der Waals surface area (Å²) in [5.41, 5.74) is 1.96. The van der Waals surface area contributed by atoms with Crippen molar-refractivity contribution in [3.05, 3.63) is 29.7 Å². The van der Waals surface area contributed by atoms with Gasteiger partial charge in [-0.25, -0.2) is 0 Å². The van der Waals surface area contributed by atoms with Crippen LogP contribution < -0.4 is 5.32 Å². The minimum absolute atomic E-state index is 0.113. The van der Waals surface area contributed by atoms with Crippen LogP contribution in [0.1, 0.15) is 5.56 Å². The third-order valence-corrected chi connectivity index (χ3v) is 1.65. The molecule has 4 nitrogen and oxygen atoms in total. The van der Waals surface area contributed by atoms with E-state index in [9.17, 15) is 0 Å². The monoisotopic (exact) mass is 193 g/mol. The molecule has 0 spiro atoms. The summed E-state index contributed by atoms with van der Waals surface area (Å²) in [6.45, 7) is 0.643. The lowest BCUT2D eigenvalue weighted by Gasteiger charge is -2.03. The fourth-order valence-corrected chi connectivity index (χ4v) is 1.08. The lowest BCUT2D eigenvalue weighted by molar-refractivity contribution is 0.298. The zero-order chi connectivity index (χ0) is 10.2. The van der Waals surface area contributed by atoms with Gasteiger partial charge in [-0.2, -0.15) is 0 Å². The molecule has 0 bridgehead atoms. The van der Waals surface area contributed by atoms with Crippen LogP contribution in [0.2, 0.25) is 0 Å². The Hall–Kier alpha value is -1.55. The van der Waals surface area contributed by atoms with Crippen LogP contribution in [-0.4, -0.2) is 36.5 Å². The predicted molar refractivity (Wildman–Crippen MR) is 58.3 cm³/mol. The van der Waals surface area contributed by atoms with Crippen molar-refractivity contribution in [3.63, 3.8) is 0 Å². The summed E-state index contributed by atoms with van der Waals surface area (Å²) in [6.07, 6.45) is 7.44. The van der Waals surface area contributed by atoms with Crippen molar-refractivity contribution in [2.45, 2.75) is 0 Å². The minimum atomic E-state index is 0.113. The Morgan fingerprint density at radius 1 is 1.71 bits per heavy atom. The number of nitrogens with one attached hydrogen (secondary N) is 2. The van der Waals surface area contributed by atoms with Gasteiger partial charge in [-0.1, -0.05) is 0 Å². The molecule has 0 amide bonds. The van der Waals surface area contributed by atoms with Crippen LogP contribution in [0.25, 0.3) is 6.08 Å². The second-order valence-corrected chi connectivity index (χ2v) is 2.78. The molecule has 0 unspecified atom stereocenters. The smallest absolute Gasteiger partial charge is 0.0604 e. The fraction of sp³-hybridized carbons (Fsp3) is 0.300. The summed E-state index contributed by atoms with van der Waals surface area (Å²) in [7, 11) is 1.71. The molecule has 0 saturated carbocycles. The summed E-state index contributed by atoms with van der Waals surface area (Å²) >= 11 is 0. The van der Waals surface area contributed by atoms with E-state index >= 15 is 0 Å². The Labute approximate surface area is 83.4 Å². The second-order valence-electron chi connectivity index (χ2n) is 2.78. The third kappa shape index (κ3) is 3.45. The van der Waals surface area contributed by atoms with Gasteiger partial charge in [0.2, 0.25) is 0 Å². The number of allylic oxidation sites excluding steroid dienone is 1. The lowest BCUT2D eigenvalue weighted by Crippen LogP contribution is -2.18. The topological polar surface area (TPSA) is 60.4 Å². The highest BCUT2D eigenvalue weighted by atomic mass is 16.3. The van der Waals surface area contributed by atoms with E-state index in [1.807, 2.05) is 24.5 Å². The largest absolute Gasteiger partial charge is 0.395 e. The summed E-state index contributed by atoms with van der Waals surface area (Å²) in [6, 6.07) is 1.96. The van der Waals surface area contributed by atoms with Gasteiger partial charge in [0.05, 0.1) is 12.3 Å². The molecule has 0 aliphatic heterocycles. The molecule has 3 N–H and O–H groups in total. The molecule has 1 heterocycles. The van der Waals surface area contributed by atoms with Crippen LogP contribution in [0, 0.1) is 0 Å². The van der Waals surface area contributed by atoms with Crippen LogP contribution >= 0.6 is 0 Å². The molecular weight excluding hydrogens is 178 g/mol. The quantitative estimate of drug-likeness (QED) is 0.601. The first kappa shape index (κ1) is 10.5. The van der Waals surface area contributed by atoms with Gasteiger partial charge in [-0.15, -0.1) is 0 Å². The average molecular weight is 193 g/mol. The first-order chi connectivity index (χ1) is 6.86. The molecule has 4 heteroatoms. The van der Waals surface area contributed by atoms with Gasteiger partial charge in [-0.05, 0) is 17.7 Å². The van der Waals surface area contributed by atoms with Crippen LogP contribution in [0.15, 0.2) is 29.1 Å². The van der Waals surface area contributed by atoms with Crippen LogP contribution in [0.5, 0.6) is 0 Å². The SMILES string of the molecule is C/N=C\C(=C/c1cc[nH]c1)NCCO. The third-order valence-electron chi connectivity index (χ3n) is 1.65. The van der Waals surface area contributed by atoms with Crippen LogP contribution in [0.4, 0.5) is 0 Å². The Kier molecular flexibility index (Phi) is 4.50. The van der Waals surface area contributed by atoms with Gasteiger partial charge in [0.25, 0.3) is 0 Å². The van der Waals surface area contributed by atoms with Crippen LogP contribution in [0.3, 0.4) is 0 Å². The number of rotatable bonds is 5. The molecule has 0 aliphatic carbocycles. The maximum absolute atomic E-state index is 8.67. The Balaban J connectivity index is 2.66. The molecule has 0 aliphatic rings. The highest BCUT2D eigenvalue weighted by molar-refractivity contribution is 5.84. The normalized spacial score (nSPS) is 12.3. The summed E-state index contributed by atoms with van der Waals surface area (Å²) in [5.74, 6) is 0. The Morgan fingerprint density at radius 3 is 3.14 bits per heavy atom. The molecule has 0 radical (unpaired) electrons. The lowest BCUT2D eigenvalue weighted by atomic mass is 10.3. The van der Waals surface area contributed by atoms with Crippen molar-refractivity contribution < 1.29 is 5.11 Å². The highest BCUT2D eigenvalue weighted by Crippen LogP contribution is 2.01. The number of hydrogen-bond donors (Lipinski definition) is 3. The van der Waals surface area contributed by atoms with Gasteiger partial charge >= 0.3 is 0 Å².